The number of aliphatic carboxylic acids is 2. The highest BCUT2D eigenvalue weighted by atomic mass is 16.4. The fourth-order valence-corrected chi connectivity index (χ4v) is 0.947. The van der Waals surface area contributed by atoms with Crippen molar-refractivity contribution in [2.75, 3.05) is 6.54 Å². The molecule has 0 aromatic carbocycles. The van der Waals surface area contributed by atoms with Crippen LogP contribution >= 0.6 is 0 Å². The van der Waals surface area contributed by atoms with E-state index >= 15 is 0 Å². The lowest BCUT2D eigenvalue weighted by atomic mass is 10.2. The van der Waals surface area contributed by atoms with Gasteiger partial charge in [-0.25, -0.2) is 0 Å². The highest BCUT2D eigenvalue weighted by molar-refractivity contribution is 5.83. The maximum atomic E-state index is 10.2. The van der Waals surface area contributed by atoms with Crippen LogP contribution in [0.15, 0.2) is 4.99 Å². The van der Waals surface area contributed by atoms with Crippen molar-refractivity contribution in [3.8, 4) is 0 Å². The monoisotopic (exact) mass is 306 g/mol. The molecule has 12 N–H and O–H groups in total. The number of carbonyl (C=O) groups excluding carboxylic acids is 1. The van der Waals surface area contributed by atoms with Gasteiger partial charge in [0.1, 0.15) is 12.1 Å². The van der Waals surface area contributed by atoms with Crippen molar-refractivity contribution in [1.29, 1.82) is 0 Å². The van der Waals surface area contributed by atoms with Crippen molar-refractivity contribution in [3.63, 3.8) is 0 Å². The molecule has 0 rings (SSSR count). The second-order valence-corrected chi connectivity index (χ2v) is 4.01. The number of hydrogen-bond acceptors (Lipinski definition) is 6. The van der Waals surface area contributed by atoms with E-state index in [-0.39, 0.29) is 12.4 Å². The van der Waals surface area contributed by atoms with Crippen LogP contribution in [0.4, 0.5) is 0 Å². The summed E-state index contributed by atoms with van der Waals surface area (Å²) in [5.74, 6) is -2.91. The number of aliphatic imine (C=N–C) groups is 1. The molecule has 0 radical (unpaired) electrons. The van der Waals surface area contributed by atoms with Crippen molar-refractivity contribution in [2.45, 2.75) is 31.3 Å². The molecule has 0 aliphatic rings. The highest BCUT2D eigenvalue weighted by Crippen LogP contribution is 1.94. The number of amides is 1. The van der Waals surface area contributed by atoms with E-state index in [0.29, 0.717) is 19.4 Å². The average Bonchev–Trinajstić information content (AvgIpc) is 2.33. The van der Waals surface area contributed by atoms with Gasteiger partial charge < -0.3 is 38.9 Å². The number of hydrogen-bond donors (Lipinski definition) is 7. The maximum Gasteiger partial charge on any atom is 0.321 e. The Kier molecular flexibility index (Phi) is 11.4. The van der Waals surface area contributed by atoms with Crippen molar-refractivity contribution >= 4 is 23.8 Å². The summed E-state index contributed by atoms with van der Waals surface area (Å²) in [6.07, 6.45) is 0.646. The third kappa shape index (κ3) is 15.5. The Morgan fingerprint density at radius 1 is 0.952 bits per heavy atom. The van der Waals surface area contributed by atoms with Gasteiger partial charge in [0, 0.05) is 6.54 Å². The summed E-state index contributed by atoms with van der Waals surface area (Å²) in [6, 6.07) is -1.98. The second kappa shape index (κ2) is 11.4. The minimum atomic E-state index is -1.21. The molecule has 0 heterocycles. The van der Waals surface area contributed by atoms with E-state index in [1.54, 1.807) is 0 Å². The van der Waals surface area contributed by atoms with E-state index in [2.05, 4.69) is 10.7 Å². The van der Waals surface area contributed by atoms with Gasteiger partial charge in [0.25, 0.3) is 0 Å². The molecular weight excluding hydrogens is 284 g/mol. The summed E-state index contributed by atoms with van der Waals surface area (Å²) in [4.78, 5) is 33.8. The van der Waals surface area contributed by atoms with E-state index in [4.69, 9.17) is 33.1 Å². The number of carboxylic acid groups (broad SMARTS) is 2. The van der Waals surface area contributed by atoms with Gasteiger partial charge in [-0.3, -0.25) is 19.4 Å². The largest absolute Gasteiger partial charge is 0.480 e. The molecule has 2 atom stereocenters. The van der Waals surface area contributed by atoms with E-state index in [0.717, 1.165) is 0 Å². The van der Waals surface area contributed by atoms with Crippen LogP contribution in [0.25, 0.3) is 0 Å². The molecule has 0 saturated heterocycles. The van der Waals surface area contributed by atoms with Gasteiger partial charge >= 0.3 is 11.9 Å². The third-order valence-electron chi connectivity index (χ3n) is 2.02. The van der Waals surface area contributed by atoms with Gasteiger partial charge in [-0.15, -0.1) is 0 Å². The van der Waals surface area contributed by atoms with Crippen molar-refractivity contribution in [3.05, 3.63) is 0 Å². The smallest absolute Gasteiger partial charge is 0.321 e. The number of carbonyl (C=O) groups is 3. The van der Waals surface area contributed by atoms with Gasteiger partial charge in [0.15, 0.2) is 5.96 Å². The number of rotatable bonds is 8. The Bertz CT molecular complexity index is 382. The second-order valence-electron chi connectivity index (χ2n) is 4.01. The quantitative estimate of drug-likeness (QED) is 0.135. The highest BCUT2D eigenvalue weighted by Gasteiger charge is 2.13. The Morgan fingerprint density at radius 2 is 1.43 bits per heavy atom. The molecule has 0 aromatic heterocycles. The predicted octanol–water partition coefficient (Wildman–Crippen LogP) is -3.27. The molecule has 11 nitrogen and oxygen atoms in total. The van der Waals surface area contributed by atoms with Crippen LogP contribution in [0.2, 0.25) is 0 Å². The van der Waals surface area contributed by atoms with Gasteiger partial charge in [0.05, 0.1) is 6.42 Å². The standard InChI is InChI=1S/C6H14N4O2.C4H8N2O3/c7-4(5(11)12)2-1-3-10-6(8)9;5-2(4(8)9)1-3(6)7/h4H,1-3,7H2,(H,11,12)(H4,8,9,10);2H,1,5H2,(H2,6,7)(H,8,9)/t4-;/m0./s1. The minimum Gasteiger partial charge on any atom is -0.480 e. The molecule has 1 unspecified atom stereocenters. The first kappa shape index (κ1) is 20.9. The number of carboxylic acids is 2. The summed E-state index contributed by atoms with van der Waals surface area (Å²) in [5, 5.41) is 16.5. The van der Waals surface area contributed by atoms with Crippen molar-refractivity contribution in [2.24, 2.45) is 33.7 Å². The van der Waals surface area contributed by atoms with Crippen molar-refractivity contribution in [1.82, 2.24) is 0 Å². The zero-order valence-corrected chi connectivity index (χ0v) is 11.4. The first-order chi connectivity index (χ1) is 9.57. The average molecular weight is 306 g/mol. The SMILES string of the molecule is NC(=O)CC(N)C(=O)O.NC(N)=NCCC[C@H](N)C(=O)O. The molecule has 0 spiro atoms. The Balaban J connectivity index is 0. The maximum absolute atomic E-state index is 10.2. The van der Waals surface area contributed by atoms with Crippen LogP contribution in [-0.2, 0) is 14.4 Å². The third-order valence-corrected chi connectivity index (χ3v) is 2.02. The number of guanidine groups is 1. The van der Waals surface area contributed by atoms with Gasteiger partial charge in [-0.1, -0.05) is 0 Å². The molecule has 0 saturated carbocycles. The number of nitrogens with two attached hydrogens (primary N) is 5. The lowest BCUT2D eigenvalue weighted by Crippen LogP contribution is -2.34. The lowest BCUT2D eigenvalue weighted by molar-refractivity contribution is -0.140. The molecule has 0 aromatic rings. The predicted molar refractivity (Wildman–Crippen MR) is 74.9 cm³/mol. The molecule has 0 aliphatic carbocycles. The van der Waals surface area contributed by atoms with E-state index in [1.807, 2.05) is 0 Å². The lowest BCUT2D eigenvalue weighted by Gasteiger charge is -2.03. The van der Waals surface area contributed by atoms with E-state index in [9.17, 15) is 14.4 Å². The van der Waals surface area contributed by atoms with Crippen LogP contribution in [0.3, 0.4) is 0 Å². The zero-order valence-electron chi connectivity index (χ0n) is 11.4. The van der Waals surface area contributed by atoms with Crippen LogP contribution in [0, 0.1) is 0 Å². The Labute approximate surface area is 121 Å². The van der Waals surface area contributed by atoms with Crippen LogP contribution < -0.4 is 28.7 Å². The normalized spacial score (nSPS) is 12.3. The summed E-state index contributed by atoms with van der Waals surface area (Å²) >= 11 is 0. The first-order valence-electron chi connectivity index (χ1n) is 5.88. The van der Waals surface area contributed by atoms with Gasteiger partial charge in [0.2, 0.25) is 5.91 Å². The van der Waals surface area contributed by atoms with Crippen LogP contribution in [0.5, 0.6) is 0 Å². The van der Waals surface area contributed by atoms with Gasteiger partial charge in [-0.05, 0) is 12.8 Å². The fourth-order valence-electron chi connectivity index (χ4n) is 0.947. The minimum absolute atomic E-state index is 0.0129. The summed E-state index contributed by atoms with van der Waals surface area (Å²) in [5.41, 5.74) is 24.9. The zero-order chi connectivity index (χ0) is 17.0. The molecule has 21 heavy (non-hydrogen) atoms. The van der Waals surface area contributed by atoms with Crippen LogP contribution in [-0.4, -0.2) is 52.6 Å². The molecule has 1 amide bonds. The molecule has 0 fully saturated rings. The summed E-state index contributed by atoms with van der Waals surface area (Å²) < 4.78 is 0. The molecule has 11 heteroatoms. The Hall–Kier alpha value is -2.40. The summed E-state index contributed by atoms with van der Waals surface area (Å²) in [6.45, 7) is 0.420. The fraction of sp³-hybridized carbons (Fsp3) is 0.600. The van der Waals surface area contributed by atoms with Gasteiger partial charge in [-0.2, -0.15) is 0 Å². The molecular formula is C10H22N6O5. The first-order valence-corrected chi connectivity index (χ1v) is 5.88. The molecule has 0 aliphatic heterocycles. The summed E-state index contributed by atoms with van der Waals surface area (Å²) in [7, 11) is 0. The number of nitrogens with zero attached hydrogens (tertiary/aromatic N) is 1. The van der Waals surface area contributed by atoms with Crippen molar-refractivity contribution < 1.29 is 24.6 Å². The van der Waals surface area contributed by atoms with E-state index in [1.165, 1.54) is 0 Å². The molecule has 122 valence electrons. The molecule has 0 bridgehead atoms. The Morgan fingerprint density at radius 3 is 1.71 bits per heavy atom. The number of primary amides is 1. The topological polar surface area (TPSA) is 234 Å². The van der Waals surface area contributed by atoms with E-state index < -0.39 is 29.9 Å². The van der Waals surface area contributed by atoms with Crippen LogP contribution in [0.1, 0.15) is 19.3 Å².